The number of fused-ring (bicyclic) bond motifs is 2. The lowest BCUT2D eigenvalue weighted by Gasteiger charge is -2.29. The molecule has 2 heterocycles. The second-order valence-electron chi connectivity index (χ2n) is 7.29. The number of aliphatic imine (C=N–C) groups is 1. The summed E-state index contributed by atoms with van der Waals surface area (Å²) in [5.74, 6) is 0.504. The van der Waals surface area contributed by atoms with E-state index < -0.39 is 6.10 Å². The summed E-state index contributed by atoms with van der Waals surface area (Å²) >= 11 is 1.58. The molecule has 0 saturated heterocycles. The summed E-state index contributed by atoms with van der Waals surface area (Å²) in [5, 5.41) is 17.9. The number of anilines is 1. The van der Waals surface area contributed by atoms with Gasteiger partial charge >= 0.3 is 0 Å². The summed E-state index contributed by atoms with van der Waals surface area (Å²) < 4.78 is 1.15. The van der Waals surface area contributed by atoms with Gasteiger partial charge in [-0.3, -0.25) is 9.79 Å². The Bertz CT molecular complexity index is 1030. The zero-order valence-corrected chi connectivity index (χ0v) is 17.8. The first-order chi connectivity index (χ1) is 14.7. The van der Waals surface area contributed by atoms with Gasteiger partial charge in [0.15, 0.2) is 5.96 Å². The molecule has 0 radical (unpaired) electrons. The molecule has 1 atom stereocenters. The number of hydrogen-bond donors (Lipinski definition) is 3. The van der Waals surface area contributed by atoms with Gasteiger partial charge < -0.3 is 20.6 Å². The molecular weight excluding hydrogens is 396 g/mol. The summed E-state index contributed by atoms with van der Waals surface area (Å²) in [4.78, 5) is 19.7. The first-order valence-electron chi connectivity index (χ1n) is 10.1. The lowest BCUT2D eigenvalue weighted by Crippen LogP contribution is -2.46. The van der Waals surface area contributed by atoms with Crippen molar-refractivity contribution in [3.8, 4) is 0 Å². The number of carbonyl (C=O) groups excluding carboxylic acids is 1. The molecule has 1 unspecified atom stereocenters. The van der Waals surface area contributed by atoms with E-state index in [-0.39, 0.29) is 12.5 Å². The van der Waals surface area contributed by atoms with Gasteiger partial charge in [-0.25, -0.2) is 0 Å². The van der Waals surface area contributed by atoms with Crippen molar-refractivity contribution in [3.05, 3.63) is 65.0 Å². The smallest absolute Gasteiger partial charge is 0.246 e. The van der Waals surface area contributed by atoms with Gasteiger partial charge in [0.1, 0.15) is 6.10 Å². The van der Waals surface area contributed by atoms with E-state index >= 15 is 0 Å². The van der Waals surface area contributed by atoms with Crippen LogP contribution in [-0.4, -0.2) is 43.7 Å². The van der Waals surface area contributed by atoms with Gasteiger partial charge in [0.05, 0.1) is 6.54 Å². The highest BCUT2D eigenvalue weighted by molar-refractivity contribution is 7.19. The van der Waals surface area contributed by atoms with Crippen LogP contribution in [0.5, 0.6) is 0 Å². The zero-order chi connectivity index (χ0) is 20.9. The third-order valence-electron chi connectivity index (χ3n) is 5.28. The Labute approximate surface area is 180 Å². The number of thiophene rings is 1. The van der Waals surface area contributed by atoms with Crippen molar-refractivity contribution in [1.82, 2.24) is 10.6 Å². The molecular formula is C23H26N4O2S. The number of aryl methyl sites for hydroxylation is 1. The van der Waals surface area contributed by atoms with Crippen LogP contribution in [0.3, 0.4) is 0 Å². The quantitative estimate of drug-likeness (QED) is 0.436. The van der Waals surface area contributed by atoms with E-state index in [0.717, 1.165) is 40.0 Å². The van der Waals surface area contributed by atoms with E-state index in [1.807, 2.05) is 47.4 Å². The molecule has 4 rings (SSSR count). The molecule has 0 fully saturated rings. The largest absolute Gasteiger partial charge is 0.386 e. The van der Waals surface area contributed by atoms with Gasteiger partial charge in [-0.15, -0.1) is 11.3 Å². The van der Waals surface area contributed by atoms with E-state index in [9.17, 15) is 9.90 Å². The number of rotatable bonds is 5. The summed E-state index contributed by atoms with van der Waals surface area (Å²) in [6, 6.07) is 18.2. The molecule has 30 heavy (non-hydrogen) atoms. The van der Waals surface area contributed by atoms with Crippen LogP contribution < -0.4 is 15.5 Å². The monoisotopic (exact) mass is 422 g/mol. The van der Waals surface area contributed by atoms with Crippen LogP contribution in [0.4, 0.5) is 5.69 Å². The SMILES string of the molecule is CN=C(NCC(=O)N1CCCc2ccccc21)NCC(O)c1cc2ccccc2s1. The number of amides is 1. The molecule has 1 aliphatic heterocycles. The molecule has 0 saturated carbocycles. The van der Waals surface area contributed by atoms with Gasteiger partial charge in [-0.1, -0.05) is 36.4 Å². The predicted molar refractivity (Wildman–Crippen MR) is 123 cm³/mol. The predicted octanol–water partition coefficient (Wildman–Crippen LogP) is 3.08. The maximum absolute atomic E-state index is 12.8. The summed E-state index contributed by atoms with van der Waals surface area (Å²) in [6.45, 7) is 1.19. The molecule has 156 valence electrons. The maximum atomic E-state index is 12.8. The van der Waals surface area contributed by atoms with Gasteiger partial charge in [0.2, 0.25) is 5.91 Å². The number of nitrogens with one attached hydrogen (secondary N) is 2. The van der Waals surface area contributed by atoms with Crippen LogP contribution in [0.1, 0.15) is 23.0 Å². The highest BCUT2D eigenvalue weighted by Gasteiger charge is 2.22. The molecule has 6 nitrogen and oxygen atoms in total. The molecule has 1 aromatic heterocycles. The first kappa shape index (κ1) is 20.4. The third-order valence-corrected chi connectivity index (χ3v) is 6.50. The second kappa shape index (κ2) is 9.28. The van der Waals surface area contributed by atoms with Crippen molar-refractivity contribution in [1.29, 1.82) is 0 Å². The Morgan fingerprint density at radius 2 is 2.00 bits per heavy atom. The number of carbonyl (C=O) groups is 1. The molecule has 1 amide bonds. The van der Waals surface area contributed by atoms with Crippen LogP contribution in [0.25, 0.3) is 10.1 Å². The molecule has 2 aromatic carbocycles. The van der Waals surface area contributed by atoms with Gasteiger partial charge in [0.25, 0.3) is 0 Å². The Hall–Kier alpha value is -2.90. The number of aliphatic hydroxyl groups is 1. The van der Waals surface area contributed by atoms with Crippen molar-refractivity contribution in [2.24, 2.45) is 4.99 Å². The molecule has 3 N–H and O–H groups in total. The summed E-state index contributed by atoms with van der Waals surface area (Å²) in [7, 11) is 1.65. The third kappa shape index (κ3) is 4.47. The van der Waals surface area contributed by atoms with E-state index in [2.05, 4.69) is 27.8 Å². The number of nitrogens with zero attached hydrogens (tertiary/aromatic N) is 2. The number of aliphatic hydroxyl groups excluding tert-OH is 1. The summed E-state index contributed by atoms with van der Waals surface area (Å²) in [6.07, 6.45) is 1.33. The molecule has 0 spiro atoms. The topological polar surface area (TPSA) is 77.0 Å². The summed E-state index contributed by atoms with van der Waals surface area (Å²) in [5.41, 5.74) is 2.21. The van der Waals surface area contributed by atoms with Crippen molar-refractivity contribution in [2.75, 3.05) is 31.6 Å². The molecule has 3 aromatic rings. The van der Waals surface area contributed by atoms with Crippen molar-refractivity contribution in [3.63, 3.8) is 0 Å². The fourth-order valence-electron chi connectivity index (χ4n) is 3.73. The normalized spacial score (nSPS) is 15.0. The Morgan fingerprint density at radius 1 is 1.20 bits per heavy atom. The maximum Gasteiger partial charge on any atom is 0.246 e. The molecule has 1 aliphatic rings. The van der Waals surface area contributed by atoms with Gasteiger partial charge in [0, 0.05) is 35.4 Å². The van der Waals surface area contributed by atoms with E-state index in [4.69, 9.17) is 0 Å². The molecule has 7 heteroatoms. The molecule has 0 aliphatic carbocycles. The number of guanidine groups is 1. The average Bonchev–Trinajstić information content (AvgIpc) is 3.23. The zero-order valence-electron chi connectivity index (χ0n) is 17.0. The fraction of sp³-hybridized carbons (Fsp3) is 0.304. The lowest BCUT2D eigenvalue weighted by atomic mass is 10.0. The minimum absolute atomic E-state index is 0.00940. The number of benzene rings is 2. The number of hydrogen-bond acceptors (Lipinski definition) is 4. The highest BCUT2D eigenvalue weighted by Crippen LogP contribution is 2.29. The fourth-order valence-corrected chi connectivity index (χ4v) is 4.78. The van der Waals surface area contributed by atoms with Crippen LogP contribution in [0.15, 0.2) is 59.6 Å². The van der Waals surface area contributed by atoms with Crippen LogP contribution in [-0.2, 0) is 11.2 Å². The van der Waals surface area contributed by atoms with E-state index in [1.165, 1.54) is 5.56 Å². The van der Waals surface area contributed by atoms with Crippen LogP contribution >= 0.6 is 11.3 Å². The van der Waals surface area contributed by atoms with Crippen molar-refractivity contribution < 1.29 is 9.90 Å². The van der Waals surface area contributed by atoms with Crippen LogP contribution in [0, 0.1) is 0 Å². The minimum Gasteiger partial charge on any atom is -0.386 e. The highest BCUT2D eigenvalue weighted by atomic mass is 32.1. The van der Waals surface area contributed by atoms with E-state index in [1.54, 1.807) is 18.4 Å². The lowest BCUT2D eigenvalue weighted by molar-refractivity contribution is -0.117. The second-order valence-corrected chi connectivity index (χ2v) is 8.40. The van der Waals surface area contributed by atoms with Crippen molar-refractivity contribution in [2.45, 2.75) is 18.9 Å². The number of para-hydroxylation sites is 1. The first-order valence-corrected chi connectivity index (χ1v) is 11.0. The average molecular weight is 423 g/mol. The molecule has 0 bridgehead atoms. The van der Waals surface area contributed by atoms with Gasteiger partial charge in [-0.05, 0) is 42.0 Å². The minimum atomic E-state index is -0.648. The van der Waals surface area contributed by atoms with Gasteiger partial charge in [-0.2, -0.15) is 0 Å². The van der Waals surface area contributed by atoms with Crippen molar-refractivity contribution >= 4 is 39.0 Å². The van der Waals surface area contributed by atoms with E-state index in [0.29, 0.717) is 12.5 Å². The Morgan fingerprint density at radius 3 is 2.83 bits per heavy atom. The Balaban J connectivity index is 1.31. The standard InChI is InChI=1S/C23H26N4O2S/c1-24-23(25-14-19(28)21-13-17-8-3-5-11-20(17)30-21)26-15-22(29)27-12-6-9-16-7-2-4-10-18(16)27/h2-5,7-8,10-11,13,19,28H,6,9,12,14-15H2,1H3,(H2,24,25,26). The van der Waals surface area contributed by atoms with Crippen LogP contribution in [0.2, 0.25) is 0 Å². The Kier molecular flexibility index (Phi) is 6.30.